The van der Waals surface area contributed by atoms with Crippen LogP contribution in [0.15, 0.2) is 84.9 Å². The van der Waals surface area contributed by atoms with Crippen molar-refractivity contribution in [2.75, 3.05) is 6.61 Å². The molecule has 0 atom stereocenters. The number of ether oxygens (including phenoxy) is 1. The Morgan fingerprint density at radius 2 is 1.46 bits per heavy atom. The molecule has 1 aliphatic rings. The van der Waals surface area contributed by atoms with Crippen LogP contribution < -0.4 is 16.1 Å². The van der Waals surface area contributed by atoms with Crippen molar-refractivity contribution in [2.24, 2.45) is 0 Å². The van der Waals surface area contributed by atoms with Crippen molar-refractivity contribution in [3.8, 4) is 0 Å². The number of aryl methyl sites for hydroxylation is 1. The van der Waals surface area contributed by atoms with Crippen molar-refractivity contribution >= 4 is 24.2 Å². The van der Waals surface area contributed by atoms with Gasteiger partial charge in [-0.2, -0.15) is 0 Å². The second-order valence-corrected chi connectivity index (χ2v) is 12.0. The average Bonchev–Trinajstić information content (AvgIpc) is 3.28. The lowest BCUT2D eigenvalue weighted by Gasteiger charge is -2.19. The van der Waals surface area contributed by atoms with Crippen molar-refractivity contribution in [1.29, 1.82) is 0 Å². The van der Waals surface area contributed by atoms with Crippen molar-refractivity contribution in [2.45, 2.75) is 71.3 Å². The summed E-state index contributed by atoms with van der Waals surface area (Å²) in [6.45, 7) is 11.7. The Morgan fingerprint density at radius 1 is 0.780 bits per heavy atom. The van der Waals surface area contributed by atoms with Gasteiger partial charge in [0, 0.05) is 25.6 Å². The van der Waals surface area contributed by atoms with E-state index in [4.69, 9.17) is 9.72 Å². The summed E-state index contributed by atoms with van der Waals surface area (Å²) in [7, 11) is 0. The lowest BCUT2D eigenvalue weighted by molar-refractivity contribution is -0.00473. The first-order valence-electron chi connectivity index (χ1n) is 14.9. The zero-order valence-electron chi connectivity index (χ0n) is 24.8. The highest BCUT2D eigenvalue weighted by Gasteiger charge is 2.17. The summed E-state index contributed by atoms with van der Waals surface area (Å²) >= 11 is 0. The van der Waals surface area contributed by atoms with Crippen LogP contribution in [0.25, 0.3) is 24.2 Å². The summed E-state index contributed by atoms with van der Waals surface area (Å²) in [6, 6.07) is 30.0. The molecule has 1 aliphatic heterocycles. The first-order chi connectivity index (χ1) is 19.9. The molecular formula is C37H43N3O. The van der Waals surface area contributed by atoms with Gasteiger partial charge in [-0.1, -0.05) is 104 Å². The summed E-state index contributed by atoms with van der Waals surface area (Å²) in [5.74, 6) is 0. The third-order valence-electron chi connectivity index (χ3n) is 7.47. The third-order valence-corrected chi connectivity index (χ3v) is 7.47. The minimum Gasteiger partial charge on any atom is -0.376 e. The molecule has 2 heterocycles. The smallest absolute Gasteiger partial charge is 0.157 e. The molecule has 0 bridgehead atoms. The third kappa shape index (κ3) is 7.86. The maximum Gasteiger partial charge on any atom is 0.157 e. The highest BCUT2D eigenvalue weighted by atomic mass is 16.5. The van der Waals surface area contributed by atoms with Gasteiger partial charge < -0.3 is 10.1 Å². The Balaban J connectivity index is 1.31. The second kappa shape index (κ2) is 13.2. The molecule has 0 radical (unpaired) electrons. The number of fused-ring (bicyclic) bond motifs is 1. The van der Waals surface area contributed by atoms with E-state index in [0.29, 0.717) is 0 Å². The van der Waals surface area contributed by atoms with Crippen LogP contribution in [0, 0.1) is 0 Å². The molecule has 41 heavy (non-hydrogen) atoms. The molecule has 4 aromatic rings. The fourth-order valence-electron chi connectivity index (χ4n) is 5.33. The number of aromatic nitrogens is 2. The van der Waals surface area contributed by atoms with Gasteiger partial charge in [0.2, 0.25) is 0 Å². The number of benzene rings is 3. The Kier molecular flexibility index (Phi) is 9.21. The van der Waals surface area contributed by atoms with E-state index in [1.165, 1.54) is 36.0 Å². The molecule has 0 aliphatic carbocycles. The number of imidazole rings is 1. The van der Waals surface area contributed by atoms with E-state index in [0.717, 1.165) is 65.8 Å². The van der Waals surface area contributed by atoms with Crippen LogP contribution in [0.4, 0.5) is 0 Å². The number of hydrogen-bond acceptors (Lipinski definition) is 3. The van der Waals surface area contributed by atoms with Gasteiger partial charge in [-0.15, -0.1) is 0 Å². The van der Waals surface area contributed by atoms with Crippen LogP contribution in [0.5, 0.6) is 0 Å². The van der Waals surface area contributed by atoms with E-state index < -0.39 is 0 Å². The van der Waals surface area contributed by atoms with Crippen LogP contribution in [0.1, 0.15) is 74.4 Å². The Hall–Kier alpha value is -3.89. The molecule has 4 heteroatoms. The van der Waals surface area contributed by atoms with Gasteiger partial charge in [0.15, 0.2) is 5.48 Å². The van der Waals surface area contributed by atoms with Crippen LogP contribution in [0.3, 0.4) is 0 Å². The minimum atomic E-state index is -0.0405. The van der Waals surface area contributed by atoms with E-state index in [1.807, 2.05) is 6.07 Å². The fourth-order valence-corrected chi connectivity index (χ4v) is 5.33. The Labute approximate surface area is 245 Å². The zero-order chi connectivity index (χ0) is 28.7. The topological polar surface area (TPSA) is 39.1 Å². The van der Waals surface area contributed by atoms with Crippen molar-refractivity contribution in [1.82, 2.24) is 14.9 Å². The largest absolute Gasteiger partial charge is 0.376 e. The zero-order valence-corrected chi connectivity index (χ0v) is 24.8. The van der Waals surface area contributed by atoms with Gasteiger partial charge in [0.05, 0.1) is 28.0 Å². The summed E-state index contributed by atoms with van der Waals surface area (Å²) in [5.41, 5.74) is 9.15. The molecule has 4 nitrogen and oxygen atoms in total. The van der Waals surface area contributed by atoms with Gasteiger partial charge in [-0.25, -0.2) is 4.98 Å². The number of hydrogen-bond donors (Lipinski definition) is 1. The monoisotopic (exact) mass is 545 g/mol. The lowest BCUT2D eigenvalue weighted by atomic mass is 10.0. The summed E-state index contributed by atoms with van der Waals surface area (Å²) in [5, 5.41) is 4.64. The molecule has 3 aromatic carbocycles. The lowest BCUT2D eigenvalue weighted by Crippen LogP contribution is -2.35. The van der Waals surface area contributed by atoms with E-state index >= 15 is 0 Å². The normalized spacial score (nSPS) is 13.0. The molecule has 1 N–H and O–H groups in total. The van der Waals surface area contributed by atoms with Crippen molar-refractivity contribution < 1.29 is 4.74 Å². The molecule has 0 saturated heterocycles. The number of rotatable bonds is 12. The Bertz CT molecular complexity index is 1580. The van der Waals surface area contributed by atoms with Crippen LogP contribution in [-0.2, 0) is 24.0 Å². The standard InChI is InChI=1S/C37H43N3O/c1-28-33(26-31-20-15-19-29(24-31)16-9-5-6-14-23-41-37(2,3)4)39-36-34(25-30-17-10-7-11-18-30)38-35(27-40(28)36)32-21-12-8-13-22-32/h7-8,10-13,15,17-22,24,27,38H,1,5-6,9,14,16,23,25-26H2,2-4H3. The predicted molar refractivity (Wildman–Crippen MR) is 171 cm³/mol. The molecular weight excluding hydrogens is 502 g/mol. The molecule has 0 unspecified atom stereocenters. The summed E-state index contributed by atoms with van der Waals surface area (Å²) < 4.78 is 8.02. The molecule has 0 saturated carbocycles. The number of nitrogens with one attached hydrogen (secondary N) is 1. The van der Waals surface area contributed by atoms with Gasteiger partial charge in [0.25, 0.3) is 0 Å². The highest BCUT2D eigenvalue weighted by molar-refractivity contribution is 5.80. The van der Waals surface area contributed by atoms with Gasteiger partial charge in [-0.3, -0.25) is 4.57 Å². The average molecular weight is 546 g/mol. The van der Waals surface area contributed by atoms with Crippen LogP contribution in [-0.4, -0.2) is 21.8 Å². The van der Waals surface area contributed by atoms with E-state index in [2.05, 4.69) is 122 Å². The quantitative estimate of drug-likeness (QED) is 0.201. The molecule has 212 valence electrons. The predicted octanol–water partition coefficient (Wildman–Crippen LogP) is 6.71. The van der Waals surface area contributed by atoms with E-state index in [-0.39, 0.29) is 5.60 Å². The molecule has 0 fully saturated rings. The van der Waals surface area contributed by atoms with Gasteiger partial charge in [-0.05, 0) is 62.3 Å². The molecule has 1 aromatic heterocycles. The highest BCUT2D eigenvalue weighted by Crippen LogP contribution is 2.19. The first kappa shape index (κ1) is 28.6. The SMILES string of the molecule is C=c1c(Cc2cccc(CCCCCCOC(C)(C)C)c2)nc2n1C=C(c1ccccc1)NC=2Cc1ccccc1. The maximum absolute atomic E-state index is 5.85. The second-order valence-electron chi connectivity index (χ2n) is 12.0. The first-order valence-corrected chi connectivity index (χ1v) is 14.9. The van der Waals surface area contributed by atoms with Gasteiger partial charge in [0.1, 0.15) is 0 Å². The maximum atomic E-state index is 5.85. The minimum absolute atomic E-state index is 0.0405. The van der Waals surface area contributed by atoms with E-state index in [1.54, 1.807) is 0 Å². The fraction of sp³-hybridized carbons (Fsp3) is 0.324. The molecule has 0 spiro atoms. The van der Waals surface area contributed by atoms with Gasteiger partial charge >= 0.3 is 0 Å². The van der Waals surface area contributed by atoms with Crippen molar-refractivity contribution in [3.63, 3.8) is 0 Å². The molecule has 0 amide bonds. The number of unbranched alkanes of at least 4 members (excludes halogenated alkanes) is 3. The Morgan fingerprint density at radius 3 is 2.22 bits per heavy atom. The van der Waals surface area contributed by atoms with Crippen molar-refractivity contribution in [3.05, 3.63) is 124 Å². The summed E-state index contributed by atoms with van der Waals surface area (Å²) in [6.07, 6.45) is 9.57. The summed E-state index contributed by atoms with van der Waals surface area (Å²) in [4.78, 5) is 5.15. The van der Waals surface area contributed by atoms with E-state index in [9.17, 15) is 0 Å². The van der Waals surface area contributed by atoms with Crippen LogP contribution in [0.2, 0.25) is 0 Å². The number of nitrogens with zero attached hydrogens (tertiary/aromatic N) is 2. The molecule has 5 rings (SSSR count). The van der Waals surface area contributed by atoms with Crippen LogP contribution >= 0.6 is 0 Å².